The van der Waals surface area contributed by atoms with Crippen LogP contribution in [0.3, 0.4) is 0 Å². The molecule has 9 heteroatoms. The minimum Gasteiger partial charge on any atom is -0.277 e. The highest BCUT2D eigenvalue weighted by Gasteiger charge is 2.16. The fourth-order valence-electron chi connectivity index (χ4n) is 1.97. The van der Waals surface area contributed by atoms with Crippen LogP contribution < -0.4 is 0 Å². The monoisotopic (exact) mass is 317 g/mol. The summed E-state index contributed by atoms with van der Waals surface area (Å²) in [4.78, 5) is 8.26. The minimum absolute atomic E-state index is 0.409. The van der Waals surface area contributed by atoms with E-state index in [2.05, 4.69) is 25.3 Å². The summed E-state index contributed by atoms with van der Waals surface area (Å²) in [7, 11) is 0. The van der Waals surface area contributed by atoms with Crippen LogP contribution in [0.5, 0.6) is 0 Å². The van der Waals surface area contributed by atoms with Crippen molar-refractivity contribution in [3.05, 3.63) is 41.4 Å². The van der Waals surface area contributed by atoms with Crippen molar-refractivity contribution >= 4 is 34.8 Å². The van der Waals surface area contributed by atoms with Crippen LogP contribution in [0, 0.1) is 6.92 Å². The lowest BCUT2D eigenvalue weighted by Gasteiger charge is -2.07. The average Bonchev–Trinajstić information content (AvgIpc) is 3.10. The Hall–Kier alpha value is -2.19. The van der Waals surface area contributed by atoms with Gasteiger partial charge in [0.25, 0.3) is 5.78 Å². The van der Waals surface area contributed by atoms with Crippen LogP contribution in [-0.2, 0) is 0 Å². The minimum atomic E-state index is 0.409. The quantitative estimate of drug-likeness (QED) is 0.528. The SMILES string of the molecule is Cc1c(Cl)nc2ncnn2c1Sc1nnc2ccccn12. The van der Waals surface area contributed by atoms with Crippen molar-refractivity contribution < 1.29 is 0 Å². The van der Waals surface area contributed by atoms with Crippen LogP contribution in [-0.4, -0.2) is 34.2 Å². The molecule has 0 aliphatic carbocycles. The maximum atomic E-state index is 6.16. The van der Waals surface area contributed by atoms with E-state index < -0.39 is 0 Å². The zero-order chi connectivity index (χ0) is 14.4. The van der Waals surface area contributed by atoms with Crippen LogP contribution in [0.2, 0.25) is 5.15 Å². The molecule has 0 aliphatic heterocycles. The fourth-order valence-corrected chi connectivity index (χ4v) is 3.16. The summed E-state index contributed by atoms with van der Waals surface area (Å²) < 4.78 is 3.55. The normalized spacial score (nSPS) is 11.5. The molecule has 0 saturated carbocycles. The Bertz CT molecular complexity index is 961. The first-order valence-electron chi connectivity index (χ1n) is 6.07. The van der Waals surface area contributed by atoms with E-state index in [9.17, 15) is 0 Å². The molecule has 7 nitrogen and oxygen atoms in total. The molecule has 4 aromatic heterocycles. The van der Waals surface area contributed by atoms with Crippen LogP contribution in [0.25, 0.3) is 11.4 Å². The van der Waals surface area contributed by atoms with Gasteiger partial charge in [-0.15, -0.1) is 10.2 Å². The van der Waals surface area contributed by atoms with Crippen LogP contribution in [0.1, 0.15) is 5.56 Å². The summed E-state index contributed by atoms with van der Waals surface area (Å²) in [6.07, 6.45) is 3.36. The van der Waals surface area contributed by atoms with Crippen molar-refractivity contribution in [3.63, 3.8) is 0 Å². The molecule has 0 unspecified atom stereocenters. The lowest BCUT2D eigenvalue weighted by atomic mass is 10.4. The molecule has 21 heavy (non-hydrogen) atoms. The predicted molar refractivity (Wildman–Crippen MR) is 77.6 cm³/mol. The van der Waals surface area contributed by atoms with E-state index in [4.69, 9.17) is 11.6 Å². The van der Waals surface area contributed by atoms with Gasteiger partial charge in [-0.05, 0) is 30.8 Å². The van der Waals surface area contributed by atoms with Gasteiger partial charge in [-0.3, -0.25) is 4.40 Å². The second kappa shape index (κ2) is 4.68. The number of aromatic nitrogens is 7. The van der Waals surface area contributed by atoms with Gasteiger partial charge in [0.05, 0.1) is 0 Å². The van der Waals surface area contributed by atoms with Crippen molar-refractivity contribution in [2.24, 2.45) is 0 Å². The number of nitrogens with zero attached hydrogens (tertiary/aromatic N) is 7. The zero-order valence-corrected chi connectivity index (χ0v) is 12.4. The molecule has 0 radical (unpaired) electrons. The highest BCUT2D eigenvalue weighted by molar-refractivity contribution is 7.99. The van der Waals surface area contributed by atoms with E-state index in [0.29, 0.717) is 10.9 Å². The second-order valence-corrected chi connectivity index (χ2v) is 5.63. The third kappa shape index (κ3) is 1.95. The van der Waals surface area contributed by atoms with Gasteiger partial charge in [0.15, 0.2) is 5.65 Å². The lowest BCUT2D eigenvalue weighted by molar-refractivity contribution is 0.817. The number of hydrogen-bond donors (Lipinski definition) is 0. The highest BCUT2D eigenvalue weighted by Crippen LogP contribution is 2.31. The first-order valence-corrected chi connectivity index (χ1v) is 7.27. The molecular weight excluding hydrogens is 310 g/mol. The second-order valence-electron chi connectivity index (χ2n) is 4.32. The Morgan fingerprint density at radius 2 is 2.14 bits per heavy atom. The molecule has 0 aliphatic rings. The number of fused-ring (bicyclic) bond motifs is 2. The van der Waals surface area contributed by atoms with Crippen molar-refractivity contribution in [3.8, 4) is 0 Å². The molecule has 0 bridgehead atoms. The molecule has 4 heterocycles. The van der Waals surface area contributed by atoms with Gasteiger partial charge in [0.1, 0.15) is 16.5 Å². The fraction of sp³-hybridized carbons (Fsp3) is 0.0833. The van der Waals surface area contributed by atoms with Gasteiger partial charge in [-0.2, -0.15) is 19.6 Å². The maximum Gasteiger partial charge on any atom is 0.254 e. The van der Waals surface area contributed by atoms with Crippen LogP contribution >= 0.6 is 23.4 Å². The van der Waals surface area contributed by atoms with E-state index in [1.54, 1.807) is 4.52 Å². The Balaban J connectivity index is 1.91. The summed E-state index contributed by atoms with van der Waals surface area (Å²) in [5, 5.41) is 14.5. The number of halogens is 1. The van der Waals surface area contributed by atoms with Crippen molar-refractivity contribution in [1.29, 1.82) is 0 Å². The third-order valence-electron chi connectivity index (χ3n) is 3.02. The van der Waals surface area contributed by atoms with Crippen LogP contribution in [0.4, 0.5) is 0 Å². The summed E-state index contributed by atoms with van der Waals surface area (Å²) in [5.74, 6) is 0.460. The predicted octanol–water partition coefficient (Wildman–Crippen LogP) is 2.28. The molecule has 4 rings (SSSR count). The molecular formula is C12H8ClN7S. The van der Waals surface area contributed by atoms with E-state index in [1.807, 2.05) is 35.7 Å². The van der Waals surface area contributed by atoms with E-state index in [1.165, 1.54) is 18.1 Å². The number of hydrogen-bond acceptors (Lipinski definition) is 6. The lowest BCUT2D eigenvalue weighted by Crippen LogP contribution is -2.00. The Morgan fingerprint density at radius 1 is 1.24 bits per heavy atom. The van der Waals surface area contributed by atoms with E-state index in [-0.39, 0.29) is 0 Å². The van der Waals surface area contributed by atoms with Gasteiger partial charge in [-0.1, -0.05) is 17.7 Å². The Morgan fingerprint density at radius 3 is 3.05 bits per heavy atom. The van der Waals surface area contributed by atoms with E-state index in [0.717, 1.165) is 21.4 Å². The molecule has 0 fully saturated rings. The zero-order valence-electron chi connectivity index (χ0n) is 10.8. The largest absolute Gasteiger partial charge is 0.277 e. The van der Waals surface area contributed by atoms with Gasteiger partial charge < -0.3 is 0 Å². The molecule has 0 saturated heterocycles. The van der Waals surface area contributed by atoms with Gasteiger partial charge in [-0.25, -0.2) is 0 Å². The average molecular weight is 318 g/mol. The third-order valence-corrected chi connectivity index (χ3v) is 4.52. The standard InChI is InChI=1S/C12H8ClN7S/c1-7-9(13)16-11-14-6-15-20(11)10(7)21-12-18-17-8-4-2-3-5-19(8)12/h2-6H,1H3. The molecule has 0 N–H and O–H groups in total. The molecule has 0 spiro atoms. The number of rotatable bonds is 2. The van der Waals surface area contributed by atoms with Crippen molar-refractivity contribution in [2.75, 3.05) is 0 Å². The molecule has 0 amide bonds. The summed E-state index contributed by atoms with van der Waals surface area (Å²) in [6, 6.07) is 5.75. The maximum absolute atomic E-state index is 6.16. The summed E-state index contributed by atoms with van der Waals surface area (Å²) in [6.45, 7) is 1.89. The van der Waals surface area contributed by atoms with Crippen molar-refractivity contribution in [2.45, 2.75) is 17.1 Å². The Kier molecular flexibility index (Phi) is 2.79. The smallest absolute Gasteiger partial charge is 0.254 e. The summed E-state index contributed by atoms with van der Waals surface area (Å²) in [5.41, 5.74) is 1.61. The molecule has 0 aromatic carbocycles. The molecule has 104 valence electrons. The first kappa shape index (κ1) is 12.5. The van der Waals surface area contributed by atoms with Crippen LogP contribution in [0.15, 0.2) is 40.9 Å². The summed E-state index contributed by atoms with van der Waals surface area (Å²) >= 11 is 7.58. The van der Waals surface area contributed by atoms with Gasteiger partial charge >= 0.3 is 0 Å². The topological polar surface area (TPSA) is 73.3 Å². The van der Waals surface area contributed by atoms with Gasteiger partial charge in [0.2, 0.25) is 5.16 Å². The molecule has 4 aromatic rings. The Labute approximate surface area is 128 Å². The highest BCUT2D eigenvalue weighted by atomic mass is 35.5. The number of pyridine rings is 1. The van der Waals surface area contributed by atoms with E-state index >= 15 is 0 Å². The van der Waals surface area contributed by atoms with Crippen molar-refractivity contribution in [1.82, 2.24) is 34.2 Å². The first-order chi connectivity index (χ1) is 10.2. The van der Waals surface area contributed by atoms with Gasteiger partial charge in [0, 0.05) is 11.8 Å². The molecule has 0 atom stereocenters.